The summed E-state index contributed by atoms with van der Waals surface area (Å²) in [5.74, 6) is -1.40. The maximum atomic E-state index is 12.1. The third-order valence-electron chi connectivity index (χ3n) is 3.63. The molecule has 2 heterocycles. The Labute approximate surface area is 122 Å². The highest BCUT2D eigenvalue weighted by Crippen LogP contribution is 2.23. The Kier molecular flexibility index (Phi) is 4.79. The van der Waals surface area contributed by atoms with E-state index in [1.165, 1.54) is 4.90 Å². The van der Waals surface area contributed by atoms with Crippen LogP contribution in [0.5, 0.6) is 0 Å². The molecule has 1 aliphatic heterocycles. The summed E-state index contributed by atoms with van der Waals surface area (Å²) < 4.78 is 6.62. The van der Waals surface area contributed by atoms with E-state index in [1.54, 1.807) is 24.2 Å². The third kappa shape index (κ3) is 3.72. The van der Waals surface area contributed by atoms with E-state index in [2.05, 4.69) is 10.4 Å². The largest absolute Gasteiger partial charge is 0.481 e. The van der Waals surface area contributed by atoms with Crippen molar-refractivity contribution in [1.29, 1.82) is 0 Å². The first-order chi connectivity index (χ1) is 10.0. The Morgan fingerprint density at radius 3 is 2.90 bits per heavy atom. The van der Waals surface area contributed by atoms with Gasteiger partial charge in [0.2, 0.25) is 0 Å². The van der Waals surface area contributed by atoms with Crippen molar-refractivity contribution in [3.05, 3.63) is 12.4 Å². The number of carboxylic acids is 1. The van der Waals surface area contributed by atoms with Crippen LogP contribution in [-0.4, -0.2) is 58.6 Å². The van der Waals surface area contributed by atoms with Gasteiger partial charge < -0.3 is 20.1 Å². The molecule has 2 N–H and O–H groups in total. The van der Waals surface area contributed by atoms with E-state index in [9.17, 15) is 9.59 Å². The molecule has 21 heavy (non-hydrogen) atoms. The summed E-state index contributed by atoms with van der Waals surface area (Å²) in [7, 11) is 1.61. The monoisotopic (exact) mass is 296 g/mol. The Bertz CT molecular complexity index is 516. The van der Waals surface area contributed by atoms with Gasteiger partial charge in [-0.1, -0.05) is 6.92 Å². The van der Waals surface area contributed by atoms with Crippen molar-refractivity contribution in [2.24, 2.45) is 11.8 Å². The normalized spacial score (nSPS) is 21.5. The van der Waals surface area contributed by atoms with Crippen LogP contribution < -0.4 is 5.32 Å². The van der Waals surface area contributed by atoms with Gasteiger partial charge in [0.25, 0.3) is 0 Å². The fraction of sp³-hybridized carbons (Fsp3) is 0.615. The molecule has 0 bridgehead atoms. The number of hydrogen-bond donors (Lipinski definition) is 2. The number of carboxylic acid groups (broad SMARTS) is 1. The molecule has 0 spiro atoms. The van der Waals surface area contributed by atoms with E-state index in [4.69, 9.17) is 9.84 Å². The molecule has 8 nitrogen and oxygen atoms in total. The van der Waals surface area contributed by atoms with Crippen LogP contribution >= 0.6 is 0 Å². The van der Waals surface area contributed by atoms with Gasteiger partial charge in [0, 0.05) is 26.4 Å². The first kappa shape index (κ1) is 15.3. The molecule has 0 saturated carbocycles. The molecular weight excluding hydrogens is 276 g/mol. The van der Waals surface area contributed by atoms with Gasteiger partial charge >= 0.3 is 12.0 Å². The average Bonchev–Trinajstić information content (AvgIpc) is 3.03. The summed E-state index contributed by atoms with van der Waals surface area (Å²) in [6.07, 6.45) is 3.27. The smallest absolute Gasteiger partial charge is 0.321 e. The molecule has 1 saturated heterocycles. The highest BCUT2D eigenvalue weighted by Gasteiger charge is 2.36. The fourth-order valence-corrected chi connectivity index (χ4v) is 2.39. The van der Waals surface area contributed by atoms with E-state index in [0.29, 0.717) is 25.4 Å². The number of rotatable bonds is 5. The molecule has 116 valence electrons. The van der Waals surface area contributed by atoms with Gasteiger partial charge in [-0.3, -0.25) is 9.48 Å². The lowest BCUT2D eigenvalue weighted by Crippen LogP contribution is -2.33. The number of carbonyl (C=O) groups is 2. The predicted octanol–water partition coefficient (Wildman–Crippen LogP) is 0.714. The first-order valence-corrected chi connectivity index (χ1v) is 6.81. The number of ether oxygens (including phenoxy) is 1. The Hall–Kier alpha value is -2.09. The minimum atomic E-state index is -0.856. The lowest BCUT2D eigenvalue weighted by atomic mass is 9.99. The summed E-state index contributed by atoms with van der Waals surface area (Å²) in [5.41, 5.74) is 0.586. The Balaban J connectivity index is 1.90. The molecule has 8 heteroatoms. The van der Waals surface area contributed by atoms with Crippen LogP contribution in [0.2, 0.25) is 0 Å². The standard InChI is InChI=1S/C13H20N4O4/c1-9-6-16(8-11(9)12(18)19)13(20)15-10-5-14-17(7-10)3-4-21-2/h5,7,9,11H,3-4,6,8H2,1-2H3,(H,15,20)(H,18,19)/t9-,11-/m1/s1. The zero-order valence-corrected chi connectivity index (χ0v) is 12.2. The second-order valence-corrected chi connectivity index (χ2v) is 5.24. The Morgan fingerprint density at radius 2 is 2.29 bits per heavy atom. The van der Waals surface area contributed by atoms with Gasteiger partial charge in [0.05, 0.1) is 31.0 Å². The van der Waals surface area contributed by atoms with Crippen molar-refractivity contribution < 1.29 is 19.4 Å². The van der Waals surface area contributed by atoms with Gasteiger partial charge in [-0.25, -0.2) is 4.79 Å². The number of carbonyl (C=O) groups excluding carboxylic acids is 1. The zero-order valence-electron chi connectivity index (χ0n) is 12.2. The first-order valence-electron chi connectivity index (χ1n) is 6.81. The highest BCUT2D eigenvalue weighted by molar-refractivity contribution is 5.89. The van der Waals surface area contributed by atoms with Crippen molar-refractivity contribution in [1.82, 2.24) is 14.7 Å². The van der Waals surface area contributed by atoms with Crippen molar-refractivity contribution in [2.75, 3.05) is 32.1 Å². The highest BCUT2D eigenvalue weighted by atomic mass is 16.5. The van der Waals surface area contributed by atoms with Crippen molar-refractivity contribution >= 4 is 17.7 Å². The number of aliphatic carboxylic acids is 1. The third-order valence-corrected chi connectivity index (χ3v) is 3.63. The molecule has 1 aromatic rings. The zero-order chi connectivity index (χ0) is 15.4. The van der Waals surface area contributed by atoms with Crippen LogP contribution in [0, 0.1) is 11.8 Å². The maximum absolute atomic E-state index is 12.1. The number of nitrogens with zero attached hydrogens (tertiary/aromatic N) is 3. The number of methoxy groups -OCH3 is 1. The molecule has 0 aliphatic carbocycles. The van der Waals surface area contributed by atoms with Crippen LogP contribution in [0.25, 0.3) is 0 Å². The summed E-state index contributed by atoms with van der Waals surface area (Å²) in [5, 5.41) is 15.9. The van der Waals surface area contributed by atoms with Crippen LogP contribution in [0.15, 0.2) is 12.4 Å². The van der Waals surface area contributed by atoms with Gasteiger partial charge in [-0.05, 0) is 5.92 Å². The number of nitrogens with one attached hydrogen (secondary N) is 1. The SMILES string of the molecule is COCCn1cc(NC(=O)N2C[C@@H](C)[C@H](C(=O)O)C2)cn1. The van der Waals surface area contributed by atoms with Gasteiger partial charge in [0.15, 0.2) is 0 Å². The number of anilines is 1. The van der Waals surface area contributed by atoms with Crippen LogP contribution in [0.4, 0.5) is 10.5 Å². The number of likely N-dealkylation sites (tertiary alicyclic amines) is 1. The number of hydrogen-bond acceptors (Lipinski definition) is 4. The number of aromatic nitrogens is 2. The van der Waals surface area contributed by atoms with Crippen LogP contribution in [-0.2, 0) is 16.1 Å². The van der Waals surface area contributed by atoms with E-state index in [1.807, 2.05) is 6.92 Å². The van der Waals surface area contributed by atoms with E-state index < -0.39 is 11.9 Å². The summed E-state index contributed by atoms with van der Waals surface area (Å²) in [4.78, 5) is 24.7. The van der Waals surface area contributed by atoms with Crippen LogP contribution in [0.1, 0.15) is 6.92 Å². The molecule has 2 amide bonds. The van der Waals surface area contributed by atoms with Gasteiger partial charge in [0.1, 0.15) is 0 Å². The lowest BCUT2D eigenvalue weighted by molar-refractivity contribution is -0.142. The number of amides is 2. The molecule has 2 rings (SSSR count). The van der Waals surface area contributed by atoms with Gasteiger partial charge in [-0.15, -0.1) is 0 Å². The minimum absolute atomic E-state index is 0.0438. The Morgan fingerprint density at radius 1 is 1.52 bits per heavy atom. The summed E-state index contributed by atoms with van der Waals surface area (Å²) in [6.45, 7) is 3.67. The minimum Gasteiger partial charge on any atom is -0.481 e. The van der Waals surface area contributed by atoms with Crippen molar-refractivity contribution in [3.8, 4) is 0 Å². The van der Waals surface area contributed by atoms with E-state index in [-0.39, 0.29) is 18.5 Å². The molecule has 1 aromatic heterocycles. The summed E-state index contributed by atoms with van der Waals surface area (Å²) >= 11 is 0. The second kappa shape index (κ2) is 6.57. The number of urea groups is 1. The second-order valence-electron chi connectivity index (χ2n) is 5.24. The molecule has 0 radical (unpaired) electrons. The van der Waals surface area contributed by atoms with Crippen molar-refractivity contribution in [2.45, 2.75) is 13.5 Å². The topological polar surface area (TPSA) is 96.7 Å². The molecule has 1 fully saturated rings. The fourth-order valence-electron chi connectivity index (χ4n) is 2.39. The molecule has 0 unspecified atom stereocenters. The molecule has 2 atom stereocenters. The van der Waals surface area contributed by atoms with Crippen LogP contribution in [0.3, 0.4) is 0 Å². The maximum Gasteiger partial charge on any atom is 0.321 e. The van der Waals surface area contributed by atoms with Gasteiger partial charge in [-0.2, -0.15) is 5.10 Å². The quantitative estimate of drug-likeness (QED) is 0.834. The van der Waals surface area contributed by atoms with E-state index >= 15 is 0 Å². The molecule has 0 aromatic carbocycles. The lowest BCUT2D eigenvalue weighted by Gasteiger charge is -2.15. The van der Waals surface area contributed by atoms with Crippen molar-refractivity contribution in [3.63, 3.8) is 0 Å². The van der Waals surface area contributed by atoms with E-state index in [0.717, 1.165) is 0 Å². The molecule has 1 aliphatic rings. The predicted molar refractivity (Wildman–Crippen MR) is 75.0 cm³/mol. The molecular formula is C13H20N4O4. The average molecular weight is 296 g/mol. The summed E-state index contributed by atoms with van der Waals surface area (Å²) in [6, 6.07) is -0.295.